The van der Waals surface area contributed by atoms with Crippen LogP contribution in [0.25, 0.3) is 0 Å². The third kappa shape index (κ3) is 13.6. The smallest absolute Gasteiger partial charge is 0.317 e. The van der Waals surface area contributed by atoms with Gasteiger partial charge in [-0.3, -0.25) is 43.9 Å². The number of rotatable bonds is 12. The summed E-state index contributed by atoms with van der Waals surface area (Å²) in [6.07, 6.45) is 0.812. The molecule has 4 aliphatic carbocycles. The summed E-state index contributed by atoms with van der Waals surface area (Å²) in [6, 6.07) is 72.6. The molecule has 4 fully saturated rings. The molecule has 8 aromatic carbocycles. The maximum absolute atomic E-state index is 13.9. The highest BCUT2D eigenvalue weighted by Crippen LogP contribution is 2.73. The summed E-state index contributed by atoms with van der Waals surface area (Å²) in [5.41, 5.74) is -5.04. The van der Waals surface area contributed by atoms with Crippen molar-refractivity contribution in [3.63, 3.8) is 0 Å². The van der Waals surface area contributed by atoms with Gasteiger partial charge >= 0.3 is 17.9 Å². The summed E-state index contributed by atoms with van der Waals surface area (Å²) in [4.78, 5) is 84.4. The lowest BCUT2D eigenvalue weighted by Gasteiger charge is -2.40. The molecule has 0 saturated heterocycles. The molecule has 8 heterocycles. The molecule has 25 nitrogen and oxygen atoms in total. The van der Waals surface area contributed by atoms with Crippen LogP contribution in [0.5, 0.6) is 23.0 Å². The second-order valence-electron chi connectivity index (χ2n) is 33.8. The minimum absolute atomic E-state index is 0. The maximum atomic E-state index is 13.9. The van der Waals surface area contributed by atoms with Gasteiger partial charge in [0.1, 0.15) is 70.0 Å². The molecule has 0 bridgehead atoms. The Morgan fingerprint density at radius 2 is 0.638 bits per heavy atom. The first-order valence-corrected chi connectivity index (χ1v) is 42.7. The highest BCUT2D eigenvalue weighted by atomic mass is 35.5. The first-order valence-electron chi connectivity index (χ1n) is 41.2. The number of Topliss-reactive ketones (excluding diaryl/α,β-unsaturated/α-hetero) is 1. The second-order valence-corrected chi connectivity index (χ2v) is 35.5. The van der Waals surface area contributed by atoms with Gasteiger partial charge < -0.3 is 79.6 Å². The van der Waals surface area contributed by atoms with E-state index in [1.807, 2.05) is 198 Å². The lowest BCUT2D eigenvalue weighted by molar-refractivity contribution is -0.162. The topological polar surface area (TPSA) is 389 Å². The van der Waals surface area contributed by atoms with Crippen LogP contribution in [0.4, 0.5) is 0 Å². The number of carbonyl (C=O) groups excluding carboxylic acids is 4. The van der Waals surface area contributed by atoms with E-state index in [9.17, 15) is 64.8 Å². The van der Waals surface area contributed by atoms with Gasteiger partial charge in [0.15, 0.2) is 45.0 Å². The molecule has 19 atom stereocenters. The van der Waals surface area contributed by atoms with E-state index in [1.165, 1.54) is 56.0 Å². The van der Waals surface area contributed by atoms with Crippen LogP contribution in [0.1, 0.15) is 121 Å². The molecular formula is C101H93Cl4N5O20. The number of aliphatic carboxylic acids is 1. The minimum atomic E-state index is -2.22. The number of carbonyl (C=O) groups is 5. The largest absolute Gasteiger partial charge is 0.481 e. The van der Waals surface area contributed by atoms with E-state index < -0.39 is 134 Å². The lowest BCUT2D eigenvalue weighted by Crippen LogP contribution is -2.52. The van der Waals surface area contributed by atoms with Crippen molar-refractivity contribution >= 4 is 76.0 Å². The number of ether oxygens (including phenoxy) is 6. The van der Waals surface area contributed by atoms with Gasteiger partial charge in [0.05, 0.1) is 58.0 Å². The van der Waals surface area contributed by atoms with Crippen LogP contribution >= 0.6 is 46.4 Å². The summed E-state index contributed by atoms with van der Waals surface area (Å²) in [5.74, 6) is -10.6. The van der Waals surface area contributed by atoms with Crippen LogP contribution in [-0.4, -0.2) is 147 Å². The fourth-order valence-electron chi connectivity index (χ4n) is 21.1. The van der Waals surface area contributed by atoms with Crippen LogP contribution in [-0.2, 0) is 78.3 Å². The Bertz CT molecular complexity index is 6330. The van der Waals surface area contributed by atoms with Gasteiger partial charge in [-0.1, -0.05) is 294 Å². The normalized spacial score (nSPS) is 29.3. The molecule has 29 heteroatoms. The van der Waals surface area contributed by atoms with E-state index in [1.54, 1.807) is 74.8 Å². The Morgan fingerprint density at radius 1 is 0.377 bits per heavy atom. The number of aryl methyl sites for hydroxylation is 4. The number of pyridine rings is 4. The summed E-state index contributed by atoms with van der Waals surface area (Å²) >= 11 is 24.6. The lowest BCUT2D eigenvalue weighted by atomic mass is 9.71. The number of ketones is 1. The van der Waals surface area contributed by atoms with Gasteiger partial charge in [0.25, 0.3) is 0 Å². The number of amides is 1. The van der Waals surface area contributed by atoms with E-state index in [0.717, 1.165) is 33.4 Å². The third-order valence-corrected chi connectivity index (χ3v) is 27.5. The van der Waals surface area contributed by atoms with Crippen molar-refractivity contribution in [2.24, 2.45) is 23.7 Å². The number of halogens is 4. The molecule has 8 aliphatic rings. The molecule has 20 rings (SSSR count). The van der Waals surface area contributed by atoms with Gasteiger partial charge in [-0.2, -0.15) is 0 Å². The molecule has 12 aromatic rings. The Balaban J connectivity index is 0.000000132. The number of carboxylic acid groups (broad SMARTS) is 1. The highest BCUT2D eigenvalue weighted by Gasteiger charge is 2.83. The van der Waals surface area contributed by atoms with E-state index in [4.69, 9.17) is 74.8 Å². The first-order chi connectivity index (χ1) is 61.2. The molecule has 1 amide bonds. The molecule has 4 aliphatic heterocycles. The Morgan fingerprint density at radius 3 is 0.946 bits per heavy atom. The molecule has 4 aromatic heterocycles. The summed E-state index contributed by atoms with van der Waals surface area (Å²) < 4.78 is 36.1. The van der Waals surface area contributed by atoms with Crippen LogP contribution in [0.2, 0.25) is 20.1 Å². The molecule has 4 saturated carbocycles. The maximum Gasteiger partial charge on any atom is 0.317 e. The van der Waals surface area contributed by atoms with Crippen LogP contribution < -0.4 is 18.9 Å². The number of benzene rings is 8. The number of aromatic nitrogens is 4. The van der Waals surface area contributed by atoms with Crippen molar-refractivity contribution in [2.75, 3.05) is 28.3 Å². The fourth-order valence-corrected chi connectivity index (χ4v) is 21.7. The monoisotopic (exact) mass is 1840 g/mol. The van der Waals surface area contributed by atoms with Gasteiger partial charge in [0, 0.05) is 80.9 Å². The van der Waals surface area contributed by atoms with Gasteiger partial charge in [-0.05, 0) is 72.2 Å². The Kier molecular flexibility index (Phi) is 24.7. The number of aliphatic hydroxyl groups is 7. The van der Waals surface area contributed by atoms with Crippen LogP contribution in [0.15, 0.2) is 267 Å². The van der Waals surface area contributed by atoms with E-state index >= 15 is 0 Å². The molecule has 670 valence electrons. The van der Waals surface area contributed by atoms with Gasteiger partial charge in [-0.25, -0.2) is 0 Å². The summed E-state index contributed by atoms with van der Waals surface area (Å²) in [6.45, 7) is 7.78. The fraction of sp³-hybridized carbons (Fsp3) is 0.277. The number of hydrogen-bond acceptors (Lipinski definition) is 22. The van der Waals surface area contributed by atoms with Crippen LogP contribution in [0, 0.1) is 51.4 Å². The Labute approximate surface area is 768 Å². The van der Waals surface area contributed by atoms with Gasteiger partial charge in [-0.15, -0.1) is 0 Å². The number of esters is 2. The van der Waals surface area contributed by atoms with E-state index in [-0.39, 0.29) is 58.8 Å². The number of fused-ring (bicyclic) bond motifs is 12. The van der Waals surface area contributed by atoms with Crippen molar-refractivity contribution in [1.29, 1.82) is 0 Å². The zero-order chi connectivity index (χ0) is 90.9. The number of methoxy groups -OCH3 is 2. The molecular weight excluding hydrogens is 1740 g/mol. The number of nitrogens with zero attached hydrogens (tertiary/aromatic N) is 5. The Hall–Kier alpha value is -12.1. The predicted octanol–water partition coefficient (Wildman–Crippen LogP) is 13.7. The molecule has 130 heavy (non-hydrogen) atoms. The summed E-state index contributed by atoms with van der Waals surface area (Å²) in [5, 5.41) is 95.0. The van der Waals surface area contributed by atoms with Crippen molar-refractivity contribution < 1.29 is 98.7 Å². The van der Waals surface area contributed by atoms with Crippen LogP contribution in [0.3, 0.4) is 0 Å². The number of aliphatic hydroxyl groups excluding tert-OH is 3. The van der Waals surface area contributed by atoms with Crippen molar-refractivity contribution in [2.45, 2.75) is 122 Å². The summed E-state index contributed by atoms with van der Waals surface area (Å²) in [7, 11) is 5.77. The number of hydrogen-bond donors (Lipinski definition) is 8. The SMILES string of the molecule is C.COC(=O)[C@H]1C(=O)[C@@]2(O)c3ncc(Cl)cc3O[C@@]2(c2ccc(C)cc2)[C@@H]1c1ccccc1.COC(=O)[C@H]1[C@@H](O)[C@@]2(O)c3ncc(Cl)cc3O[C@@]2(c2ccc(C)cc2)[C@@H]1c1ccccc1.Cc1ccc([C@@]23Oc4cc(Cl)cnc4[C@]2(O)[C@H](O)[C@H](C(=O)N(C)C)[C@H]3c2ccccc2)cc1.Cc1ccc([C@@]23Oc4cc(Cl)cnc4[C@]2(O)[C@H](O)[C@H](C(=O)O)[C@H]3c2ccccc2)cc1.O. The van der Waals surface area contributed by atoms with Crippen molar-refractivity contribution in [3.05, 3.63) is 377 Å². The molecule has 0 radical (unpaired) electrons. The quantitative estimate of drug-likeness (QED) is 0.0416. The zero-order valence-electron chi connectivity index (χ0n) is 70.6. The predicted molar refractivity (Wildman–Crippen MR) is 481 cm³/mol. The zero-order valence-corrected chi connectivity index (χ0v) is 73.6. The molecule has 0 spiro atoms. The van der Waals surface area contributed by atoms with E-state index in [2.05, 4.69) is 19.9 Å². The second kappa shape index (κ2) is 34.7. The van der Waals surface area contributed by atoms with Gasteiger partial charge in [0.2, 0.25) is 11.5 Å². The third-order valence-electron chi connectivity index (χ3n) is 26.6. The minimum Gasteiger partial charge on any atom is -0.481 e. The number of carboxylic acids is 1. The van der Waals surface area contributed by atoms with E-state index in [0.29, 0.717) is 59.2 Å². The molecule has 10 N–H and O–H groups in total. The first kappa shape index (κ1) is 92.7. The van der Waals surface area contributed by atoms with Crippen molar-refractivity contribution in [3.8, 4) is 23.0 Å². The van der Waals surface area contributed by atoms with Crippen molar-refractivity contribution in [1.82, 2.24) is 24.8 Å². The average Bonchev–Trinajstić information content (AvgIpc) is 1.51. The molecule has 0 unspecified atom stereocenters. The standard InChI is InChI=1S/C26H25ClN2O4.C25H22ClNO5.C25H20ClNO5.C24H20ClNO5.CH4.H2O/c1-15-9-11-17(12-10-15)26-21(16-7-5-4-6-8-16)20(24(31)29(2)3)23(30)25(26,32)22-19(33-26)13-18(27)14-28-22;2*1-14-8-10-16(11-9-14)25-20(15-6-4-3-5-7-15)19(23(29)31-2)22(28)24(25,30)21-18(32-25)12-17(26)13-27-21;1-13-7-9-15(10-8-13)24-19(14-5-3-2-4-6-14)18(22(28)29)21(27)23(24,30)20-17(31-24)11-16(25)12-26-20;;/h4-14,20-21,23,30,32H,1-3H3;3-13,19-20,22,28,30H,1-2H3;3-13,19-20,30H,1-2H3;2-12,18-19,21,27,30H,1H3,(H,28,29);1H4;1H2/t20-,21-,23-,25+,26+;19-,20-,22-,24+,25+;19-,20-,24+,25+;18-,19-,21-,23+,24+;;/m1111../s1. The average molecular weight is 1840 g/mol. The highest BCUT2D eigenvalue weighted by molar-refractivity contribution is 6.31.